The number of allylic oxidation sites excluding steroid dienone is 3. The van der Waals surface area contributed by atoms with Crippen molar-refractivity contribution in [1.29, 1.82) is 0 Å². The third-order valence-corrected chi connectivity index (χ3v) is 6.63. The number of hydrogen-bond donors (Lipinski definition) is 1. The molecule has 1 amide bonds. The van der Waals surface area contributed by atoms with Crippen molar-refractivity contribution in [3.8, 4) is 0 Å². The van der Waals surface area contributed by atoms with Gasteiger partial charge in [0.25, 0.3) is 5.91 Å². The van der Waals surface area contributed by atoms with Gasteiger partial charge in [-0.25, -0.2) is 0 Å². The van der Waals surface area contributed by atoms with E-state index in [2.05, 4.69) is 29.9 Å². The number of morpholine rings is 1. The van der Waals surface area contributed by atoms with Gasteiger partial charge in [0.05, 0.1) is 12.6 Å². The molecule has 3 rings (SSSR count). The van der Waals surface area contributed by atoms with Crippen LogP contribution in [0, 0.1) is 6.92 Å². The van der Waals surface area contributed by atoms with E-state index in [9.17, 15) is 4.79 Å². The number of rotatable bonds is 11. The number of nitrogens with one attached hydrogen (secondary N) is 1. The Morgan fingerprint density at radius 2 is 2.22 bits per heavy atom. The molecule has 1 N–H and O–H groups in total. The average molecular weight is 464 g/mol. The lowest BCUT2D eigenvalue weighted by Crippen LogP contribution is -2.50. The van der Waals surface area contributed by atoms with Crippen LogP contribution in [-0.2, 0) is 20.8 Å². The predicted molar refractivity (Wildman–Crippen MR) is 130 cm³/mol. The maximum atomic E-state index is 13.5. The molecule has 1 aromatic rings. The Morgan fingerprint density at radius 1 is 1.44 bits per heavy atom. The SMILES string of the molecule is C/C=C/C=C(/Cl)c1c([C@H](C)N(C(=O)[C@H]2CNCCO2)C2CC2)cn(CCCCOC)c1C. The zero-order chi connectivity index (χ0) is 23.1. The van der Waals surface area contributed by atoms with Crippen molar-refractivity contribution in [2.75, 3.05) is 33.4 Å². The number of amides is 1. The van der Waals surface area contributed by atoms with Crippen LogP contribution in [0.1, 0.15) is 62.4 Å². The first-order chi connectivity index (χ1) is 15.5. The van der Waals surface area contributed by atoms with Crippen molar-refractivity contribution >= 4 is 22.5 Å². The van der Waals surface area contributed by atoms with E-state index in [1.807, 2.05) is 30.1 Å². The summed E-state index contributed by atoms with van der Waals surface area (Å²) in [7, 11) is 1.74. The van der Waals surface area contributed by atoms with E-state index in [0.717, 1.165) is 62.2 Å². The Morgan fingerprint density at radius 3 is 2.84 bits per heavy atom. The molecular weight excluding hydrogens is 426 g/mol. The average Bonchev–Trinajstić information content (AvgIpc) is 3.58. The summed E-state index contributed by atoms with van der Waals surface area (Å²) in [6.45, 7) is 9.82. The zero-order valence-electron chi connectivity index (χ0n) is 19.9. The van der Waals surface area contributed by atoms with Crippen LogP contribution in [0.3, 0.4) is 0 Å². The molecule has 2 heterocycles. The van der Waals surface area contributed by atoms with E-state index in [0.29, 0.717) is 18.2 Å². The minimum atomic E-state index is -0.415. The number of methoxy groups -OCH3 is 1. The fourth-order valence-corrected chi connectivity index (χ4v) is 4.73. The van der Waals surface area contributed by atoms with Gasteiger partial charge in [-0.2, -0.15) is 0 Å². The number of aryl methyl sites for hydroxylation is 1. The molecule has 1 aliphatic carbocycles. The van der Waals surface area contributed by atoms with Gasteiger partial charge >= 0.3 is 0 Å². The van der Waals surface area contributed by atoms with Crippen LogP contribution in [0.2, 0.25) is 0 Å². The Labute approximate surface area is 197 Å². The Kier molecular flexibility index (Phi) is 9.41. The molecule has 0 spiro atoms. The minimum absolute atomic E-state index is 0.0807. The van der Waals surface area contributed by atoms with E-state index >= 15 is 0 Å². The third-order valence-electron chi connectivity index (χ3n) is 6.31. The monoisotopic (exact) mass is 463 g/mol. The molecule has 0 bridgehead atoms. The minimum Gasteiger partial charge on any atom is -0.385 e. The molecule has 2 fully saturated rings. The first-order valence-electron chi connectivity index (χ1n) is 11.8. The topological polar surface area (TPSA) is 55.7 Å². The number of nitrogens with zero attached hydrogens (tertiary/aromatic N) is 2. The lowest BCUT2D eigenvalue weighted by atomic mass is 10.0. The zero-order valence-corrected chi connectivity index (χ0v) is 20.7. The number of carbonyl (C=O) groups excluding carboxylic acids is 1. The largest absolute Gasteiger partial charge is 0.385 e. The number of hydrogen-bond acceptors (Lipinski definition) is 4. The van der Waals surface area contributed by atoms with E-state index in [1.165, 1.54) is 0 Å². The molecule has 1 saturated heterocycles. The quantitative estimate of drug-likeness (QED) is 0.390. The summed E-state index contributed by atoms with van der Waals surface area (Å²) in [4.78, 5) is 15.5. The molecule has 1 saturated carbocycles. The number of unbranched alkanes of at least 4 members (excludes halogenated alkanes) is 1. The molecule has 6 nitrogen and oxygen atoms in total. The number of halogens is 1. The van der Waals surface area contributed by atoms with Crippen LogP contribution in [0.25, 0.3) is 5.03 Å². The fraction of sp³-hybridized carbons (Fsp3) is 0.640. The molecule has 178 valence electrons. The summed E-state index contributed by atoms with van der Waals surface area (Å²) in [5, 5.41) is 3.99. The van der Waals surface area contributed by atoms with E-state index < -0.39 is 6.10 Å². The van der Waals surface area contributed by atoms with Crippen molar-refractivity contribution in [1.82, 2.24) is 14.8 Å². The van der Waals surface area contributed by atoms with E-state index in [-0.39, 0.29) is 18.0 Å². The van der Waals surface area contributed by atoms with Crippen LogP contribution in [0.4, 0.5) is 0 Å². The highest BCUT2D eigenvalue weighted by Crippen LogP contribution is 2.40. The van der Waals surface area contributed by atoms with Gasteiger partial charge in [0.2, 0.25) is 0 Å². The second-order valence-electron chi connectivity index (χ2n) is 8.69. The predicted octanol–water partition coefficient (Wildman–Crippen LogP) is 4.42. The van der Waals surface area contributed by atoms with E-state index in [4.69, 9.17) is 21.1 Å². The normalized spacial score (nSPS) is 20.7. The van der Waals surface area contributed by atoms with Gasteiger partial charge in [-0.1, -0.05) is 23.8 Å². The molecule has 2 aliphatic rings. The molecule has 0 unspecified atom stereocenters. The summed E-state index contributed by atoms with van der Waals surface area (Å²) in [5.41, 5.74) is 3.27. The highest BCUT2D eigenvalue weighted by molar-refractivity contribution is 6.49. The second kappa shape index (κ2) is 12.0. The summed E-state index contributed by atoms with van der Waals surface area (Å²) >= 11 is 6.80. The number of carbonyl (C=O) groups is 1. The van der Waals surface area contributed by atoms with Gasteiger partial charge in [0, 0.05) is 67.4 Å². The Bertz CT molecular complexity index is 823. The van der Waals surface area contributed by atoms with E-state index in [1.54, 1.807) is 7.11 Å². The van der Waals surface area contributed by atoms with Crippen molar-refractivity contribution in [2.24, 2.45) is 0 Å². The molecule has 2 atom stereocenters. The van der Waals surface area contributed by atoms with Crippen LogP contribution in [0.5, 0.6) is 0 Å². The first kappa shape index (κ1) is 25.0. The summed E-state index contributed by atoms with van der Waals surface area (Å²) in [6, 6.07) is 0.196. The molecule has 7 heteroatoms. The Balaban J connectivity index is 1.92. The molecule has 1 aliphatic heterocycles. The van der Waals surface area contributed by atoms with Crippen molar-refractivity contribution in [2.45, 2.75) is 71.2 Å². The second-order valence-corrected chi connectivity index (χ2v) is 9.10. The number of aromatic nitrogens is 1. The molecular formula is C25H38ClN3O3. The van der Waals surface area contributed by atoms with Gasteiger partial charge in [0.1, 0.15) is 6.10 Å². The highest BCUT2D eigenvalue weighted by Gasteiger charge is 2.41. The standard InChI is InChI=1S/C25H38ClN3O3/c1-5-6-9-22(26)24-19(3)28(13-7-8-14-31-4)17-21(24)18(2)29(20-10-11-20)25(30)23-16-27-12-15-32-23/h5-6,9,17-18,20,23,27H,7-8,10-16H2,1-4H3/b6-5+,22-9+/t18-,23+/m0/s1. The van der Waals surface area contributed by atoms with Crippen molar-refractivity contribution in [3.63, 3.8) is 0 Å². The van der Waals surface area contributed by atoms with Gasteiger partial charge in [-0.05, 0) is 52.5 Å². The van der Waals surface area contributed by atoms with Gasteiger partial charge < -0.3 is 24.3 Å². The molecule has 0 radical (unpaired) electrons. The lowest BCUT2D eigenvalue weighted by molar-refractivity contribution is -0.148. The summed E-state index contributed by atoms with van der Waals surface area (Å²) in [5.74, 6) is 0.0807. The summed E-state index contributed by atoms with van der Waals surface area (Å²) < 4.78 is 13.3. The third kappa shape index (κ3) is 6.04. The maximum Gasteiger partial charge on any atom is 0.253 e. The van der Waals surface area contributed by atoms with Gasteiger partial charge in [0.15, 0.2) is 0 Å². The van der Waals surface area contributed by atoms with Gasteiger partial charge in [-0.3, -0.25) is 4.79 Å². The fourth-order valence-electron chi connectivity index (χ4n) is 4.41. The maximum absolute atomic E-state index is 13.5. The first-order valence-corrected chi connectivity index (χ1v) is 12.2. The number of ether oxygens (including phenoxy) is 2. The van der Waals surface area contributed by atoms with Crippen LogP contribution < -0.4 is 5.32 Å². The lowest BCUT2D eigenvalue weighted by Gasteiger charge is -2.34. The van der Waals surface area contributed by atoms with Crippen molar-refractivity contribution < 1.29 is 14.3 Å². The molecule has 0 aromatic carbocycles. The van der Waals surface area contributed by atoms with Crippen LogP contribution in [-0.4, -0.2) is 60.9 Å². The summed E-state index contributed by atoms with van der Waals surface area (Å²) in [6.07, 6.45) is 11.8. The van der Waals surface area contributed by atoms with Crippen molar-refractivity contribution in [3.05, 3.63) is 41.2 Å². The smallest absolute Gasteiger partial charge is 0.253 e. The Hall–Kier alpha value is -1.60. The highest BCUT2D eigenvalue weighted by atomic mass is 35.5. The molecule has 1 aromatic heterocycles. The molecule has 32 heavy (non-hydrogen) atoms. The van der Waals surface area contributed by atoms with Crippen LogP contribution >= 0.6 is 11.6 Å². The van der Waals surface area contributed by atoms with Gasteiger partial charge in [-0.15, -0.1) is 0 Å². The van der Waals surface area contributed by atoms with Crippen LogP contribution in [0.15, 0.2) is 24.4 Å².